The van der Waals surface area contributed by atoms with Crippen molar-refractivity contribution in [3.63, 3.8) is 0 Å². The van der Waals surface area contributed by atoms with Gasteiger partial charge in [-0.2, -0.15) is 0 Å². The minimum atomic E-state index is -0.0333. The SMILES string of the molecule is C[C@]12CC[C@H]3[C@@H](CC[C@H]4C[C@@H](O)CC[C@@H]43)[C@@H]1CC[C@@H]2C(=O)CBr. The Morgan fingerprint density at radius 1 is 1.04 bits per heavy atom. The summed E-state index contributed by atoms with van der Waals surface area (Å²) < 4.78 is 0. The summed E-state index contributed by atoms with van der Waals surface area (Å²) in [5.41, 5.74) is 0.271. The summed E-state index contributed by atoms with van der Waals surface area (Å²) in [7, 11) is 0. The zero-order valence-electron chi connectivity index (χ0n) is 14.3. The van der Waals surface area contributed by atoms with Gasteiger partial charge in [-0.05, 0) is 92.8 Å². The van der Waals surface area contributed by atoms with Crippen LogP contribution in [0.25, 0.3) is 0 Å². The number of alkyl halides is 1. The molecule has 0 aromatic carbocycles. The summed E-state index contributed by atoms with van der Waals surface area (Å²) in [6.45, 7) is 2.43. The number of hydrogen-bond acceptors (Lipinski definition) is 2. The van der Waals surface area contributed by atoms with Gasteiger partial charge in [-0.15, -0.1) is 0 Å². The highest BCUT2D eigenvalue weighted by molar-refractivity contribution is 9.09. The van der Waals surface area contributed by atoms with Crippen molar-refractivity contribution < 1.29 is 9.90 Å². The minimum absolute atomic E-state index is 0.0333. The maximum Gasteiger partial charge on any atom is 0.147 e. The molecule has 0 amide bonds. The molecule has 4 aliphatic rings. The van der Waals surface area contributed by atoms with Crippen LogP contribution in [0.3, 0.4) is 0 Å². The standard InChI is InChI=1S/C20H31BrO2/c1-20-9-8-15-14-5-3-13(22)10-12(14)2-4-16(15)17(20)6-7-18(20)19(23)11-21/h12-18,22H,2-11H2,1H3/t12-,13-,14-,15+,16+,17-,18+,20-/m0/s1. The van der Waals surface area contributed by atoms with Gasteiger partial charge in [0.25, 0.3) is 0 Å². The molecule has 4 saturated carbocycles. The summed E-state index contributed by atoms with van der Waals surface area (Å²) in [6, 6.07) is 0. The first kappa shape index (κ1) is 16.6. The largest absolute Gasteiger partial charge is 0.393 e. The average Bonchev–Trinajstić information content (AvgIpc) is 2.90. The highest BCUT2D eigenvalue weighted by Crippen LogP contribution is 2.64. The maximum atomic E-state index is 12.4. The fourth-order valence-electron chi connectivity index (χ4n) is 7.45. The lowest BCUT2D eigenvalue weighted by Crippen LogP contribution is -2.49. The molecule has 3 heteroatoms. The van der Waals surface area contributed by atoms with Gasteiger partial charge in [0, 0.05) is 5.92 Å². The first-order valence-corrected chi connectivity index (χ1v) is 10.9. The fourth-order valence-corrected chi connectivity index (χ4v) is 7.84. The zero-order valence-corrected chi connectivity index (χ0v) is 15.9. The number of aliphatic hydroxyl groups excluding tert-OH is 1. The minimum Gasteiger partial charge on any atom is -0.393 e. The van der Waals surface area contributed by atoms with Crippen LogP contribution in [0, 0.1) is 40.9 Å². The molecule has 0 unspecified atom stereocenters. The van der Waals surface area contributed by atoms with Gasteiger partial charge in [0.15, 0.2) is 0 Å². The second-order valence-corrected chi connectivity index (χ2v) is 9.74. The first-order chi connectivity index (χ1) is 11.0. The molecule has 0 heterocycles. The van der Waals surface area contributed by atoms with E-state index in [0.717, 1.165) is 48.9 Å². The number of ketones is 1. The van der Waals surface area contributed by atoms with Gasteiger partial charge in [-0.3, -0.25) is 4.79 Å². The molecule has 4 fully saturated rings. The van der Waals surface area contributed by atoms with Crippen molar-refractivity contribution in [3.05, 3.63) is 0 Å². The zero-order chi connectivity index (χ0) is 16.2. The molecule has 2 nitrogen and oxygen atoms in total. The van der Waals surface area contributed by atoms with Crippen LogP contribution in [-0.4, -0.2) is 22.3 Å². The van der Waals surface area contributed by atoms with E-state index in [4.69, 9.17) is 0 Å². The Morgan fingerprint density at radius 3 is 2.61 bits per heavy atom. The molecule has 8 atom stereocenters. The number of halogens is 1. The van der Waals surface area contributed by atoms with Crippen LogP contribution in [-0.2, 0) is 4.79 Å². The fraction of sp³-hybridized carbons (Fsp3) is 0.950. The lowest BCUT2D eigenvalue weighted by atomic mass is 9.49. The van der Waals surface area contributed by atoms with Crippen LogP contribution in [0.1, 0.15) is 64.7 Å². The third kappa shape index (κ3) is 2.56. The van der Waals surface area contributed by atoms with E-state index in [1.807, 2.05) is 0 Å². The van der Waals surface area contributed by atoms with Gasteiger partial charge in [-0.25, -0.2) is 0 Å². The number of carbonyl (C=O) groups is 1. The average molecular weight is 383 g/mol. The van der Waals surface area contributed by atoms with Crippen molar-refractivity contribution in [3.8, 4) is 0 Å². The van der Waals surface area contributed by atoms with Crippen molar-refractivity contribution in [2.45, 2.75) is 70.8 Å². The number of carbonyl (C=O) groups excluding carboxylic acids is 1. The summed E-state index contributed by atoms with van der Waals surface area (Å²) in [4.78, 5) is 12.4. The summed E-state index contributed by atoms with van der Waals surface area (Å²) in [5, 5.41) is 10.6. The van der Waals surface area contributed by atoms with Crippen molar-refractivity contribution in [2.24, 2.45) is 40.9 Å². The van der Waals surface area contributed by atoms with Crippen LogP contribution in [0.2, 0.25) is 0 Å². The molecule has 23 heavy (non-hydrogen) atoms. The van der Waals surface area contributed by atoms with E-state index < -0.39 is 0 Å². The van der Waals surface area contributed by atoms with Gasteiger partial charge >= 0.3 is 0 Å². The molecule has 130 valence electrons. The van der Waals surface area contributed by atoms with Gasteiger partial charge in [0.2, 0.25) is 0 Å². The molecule has 0 spiro atoms. The Morgan fingerprint density at radius 2 is 1.83 bits per heavy atom. The van der Waals surface area contributed by atoms with E-state index >= 15 is 0 Å². The van der Waals surface area contributed by atoms with Gasteiger partial charge in [0.05, 0.1) is 11.4 Å². The van der Waals surface area contributed by atoms with E-state index in [2.05, 4.69) is 22.9 Å². The lowest BCUT2D eigenvalue weighted by molar-refractivity contribution is -0.128. The van der Waals surface area contributed by atoms with Gasteiger partial charge in [0.1, 0.15) is 5.78 Å². The Labute approximate surface area is 148 Å². The Bertz CT molecular complexity index is 478. The van der Waals surface area contributed by atoms with E-state index in [1.54, 1.807) is 0 Å². The maximum absolute atomic E-state index is 12.4. The molecule has 4 rings (SSSR count). The topological polar surface area (TPSA) is 37.3 Å². The predicted octanol–water partition coefficient (Wildman–Crippen LogP) is 4.58. The second-order valence-electron chi connectivity index (χ2n) is 9.18. The molecule has 0 radical (unpaired) electrons. The molecule has 1 N–H and O–H groups in total. The molecule has 0 aromatic rings. The van der Waals surface area contributed by atoms with E-state index in [9.17, 15) is 9.90 Å². The second kappa shape index (κ2) is 6.12. The van der Waals surface area contributed by atoms with E-state index in [-0.39, 0.29) is 11.5 Å². The highest BCUT2D eigenvalue weighted by atomic mass is 79.9. The number of fused-ring (bicyclic) bond motifs is 5. The normalized spacial score (nSPS) is 52.4. The summed E-state index contributed by atoms with van der Waals surface area (Å²) in [6.07, 6.45) is 11.0. The van der Waals surface area contributed by atoms with Crippen LogP contribution in [0.15, 0.2) is 0 Å². The molecular weight excluding hydrogens is 352 g/mol. The van der Waals surface area contributed by atoms with Crippen LogP contribution >= 0.6 is 15.9 Å². The Hall–Kier alpha value is 0.110. The van der Waals surface area contributed by atoms with Gasteiger partial charge < -0.3 is 5.11 Å². The number of rotatable bonds is 2. The third-order valence-electron chi connectivity index (χ3n) is 8.45. The number of aliphatic hydroxyl groups is 1. The van der Waals surface area contributed by atoms with Crippen molar-refractivity contribution in [1.82, 2.24) is 0 Å². The molecular formula is C20H31BrO2. The van der Waals surface area contributed by atoms with Crippen LogP contribution < -0.4 is 0 Å². The lowest BCUT2D eigenvalue weighted by Gasteiger charge is -2.56. The summed E-state index contributed by atoms with van der Waals surface area (Å²) in [5.74, 6) is 4.93. The van der Waals surface area contributed by atoms with E-state index in [0.29, 0.717) is 17.0 Å². The smallest absolute Gasteiger partial charge is 0.147 e. The Kier molecular flexibility index (Phi) is 4.41. The molecule has 4 aliphatic carbocycles. The third-order valence-corrected chi connectivity index (χ3v) is 9.00. The molecule has 0 aromatic heterocycles. The van der Waals surface area contributed by atoms with Crippen LogP contribution in [0.4, 0.5) is 0 Å². The van der Waals surface area contributed by atoms with Crippen molar-refractivity contribution in [1.29, 1.82) is 0 Å². The first-order valence-electron chi connectivity index (χ1n) is 9.81. The van der Waals surface area contributed by atoms with Crippen molar-refractivity contribution in [2.75, 3.05) is 5.33 Å². The Balaban J connectivity index is 1.55. The van der Waals surface area contributed by atoms with E-state index in [1.165, 1.54) is 38.5 Å². The summed E-state index contributed by atoms with van der Waals surface area (Å²) >= 11 is 3.41. The molecule has 0 saturated heterocycles. The molecule has 0 aliphatic heterocycles. The highest BCUT2D eigenvalue weighted by Gasteiger charge is 2.58. The number of Topliss-reactive ketones (excluding diaryl/α,β-unsaturated/α-hetero) is 1. The van der Waals surface area contributed by atoms with Crippen molar-refractivity contribution >= 4 is 21.7 Å². The van der Waals surface area contributed by atoms with Crippen LogP contribution in [0.5, 0.6) is 0 Å². The predicted molar refractivity (Wildman–Crippen MR) is 95.4 cm³/mol. The molecule has 0 bridgehead atoms. The number of hydrogen-bond donors (Lipinski definition) is 1. The monoisotopic (exact) mass is 382 g/mol. The van der Waals surface area contributed by atoms with Gasteiger partial charge in [-0.1, -0.05) is 22.9 Å². The quantitative estimate of drug-likeness (QED) is 0.709.